The Morgan fingerprint density at radius 2 is 1.74 bits per heavy atom. The lowest BCUT2D eigenvalue weighted by Crippen LogP contribution is -1.94. The molecule has 0 radical (unpaired) electrons. The maximum absolute atomic E-state index is 8.44. The van der Waals surface area contributed by atoms with Gasteiger partial charge in [0, 0.05) is 11.1 Å². The SMILES string of the molecule is N#C/C=C/c1ccc(OCc2ccc(Cl)cc2)cc1. The van der Waals surface area contributed by atoms with Crippen LogP contribution in [0.25, 0.3) is 6.08 Å². The molecule has 94 valence electrons. The molecule has 3 heteroatoms. The fraction of sp³-hybridized carbons (Fsp3) is 0.0625. The quantitative estimate of drug-likeness (QED) is 0.768. The highest BCUT2D eigenvalue weighted by Gasteiger charge is 1.96. The zero-order valence-corrected chi connectivity index (χ0v) is 11.0. The number of benzene rings is 2. The highest BCUT2D eigenvalue weighted by Crippen LogP contribution is 2.16. The van der Waals surface area contributed by atoms with Gasteiger partial charge in [-0.3, -0.25) is 0 Å². The van der Waals surface area contributed by atoms with Crippen molar-refractivity contribution in [3.63, 3.8) is 0 Å². The van der Waals surface area contributed by atoms with E-state index in [4.69, 9.17) is 21.6 Å². The summed E-state index contributed by atoms with van der Waals surface area (Å²) in [5.74, 6) is 0.795. The standard InChI is InChI=1S/C16H12ClNO/c17-15-7-3-14(4-8-15)12-19-16-9-5-13(6-10-16)2-1-11-18/h1-10H,12H2/b2-1+. The van der Waals surface area contributed by atoms with Crippen LogP contribution in [0.2, 0.25) is 5.02 Å². The van der Waals surface area contributed by atoms with E-state index < -0.39 is 0 Å². The normalized spacial score (nSPS) is 10.3. The van der Waals surface area contributed by atoms with Crippen LogP contribution < -0.4 is 4.74 Å². The molecule has 0 fully saturated rings. The fourth-order valence-corrected chi connectivity index (χ4v) is 1.68. The smallest absolute Gasteiger partial charge is 0.119 e. The van der Waals surface area contributed by atoms with Crippen LogP contribution in [0.1, 0.15) is 11.1 Å². The van der Waals surface area contributed by atoms with Crippen molar-refractivity contribution in [1.29, 1.82) is 5.26 Å². The van der Waals surface area contributed by atoms with Crippen molar-refractivity contribution in [2.75, 3.05) is 0 Å². The van der Waals surface area contributed by atoms with Crippen molar-refractivity contribution < 1.29 is 4.74 Å². The Morgan fingerprint density at radius 3 is 2.37 bits per heavy atom. The van der Waals surface area contributed by atoms with Gasteiger partial charge < -0.3 is 4.74 Å². The molecule has 0 bridgehead atoms. The summed E-state index contributed by atoms with van der Waals surface area (Å²) in [7, 11) is 0. The number of ether oxygens (including phenoxy) is 1. The van der Waals surface area contributed by atoms with Crippen LogP contribution in [0.15, 0.2) is 54.6 Å². The minimum atomic E-state index is 0.505. The average molecular weight is 270 g/mol. The van der Waals surface area contributed by atoms with E-state index in [0.29, 0.717) is 6.61 Å². The van der Waals surface area contributed by atoms with Crippen molar-refractivity contribution in [2.45, 2.75) is 6.61 Å². The minimum absolute atomic E-state index is 0.505. The molecule has 2 rings (SSSR count). The van der Waals surface area contributed by atoms with Crippen LogP contribution in [0, 0.1) is 11.3 Å². The number of rotatable bonds is 4. The van der Waals surface area contributed by atoms with Crippen LogP contribution in [0.3, 0.4) is 0 Å². The number of nitriles is 1. The average Bonchev–Trinajstić information content (AvgIpc) is 2.46. The molecule has 0 heterocycles. The number of allylic oxidation sites excluding steroid dienone is 1. The predicted octanol–water partition coefficient (Wildman–Crippen LogP) is 4.46. The Bertz CT molecular complexity index is 594. The third kappa shape index (κ3) is 4.17. The van der Waals surface area contributed by atoms with E-state index in [2.05, 4.69) is 0 Å². The summed E-state index contributed by atoms with van der Waals surface area (Å²) in [6.07, 6.45) is 3.20. The Hall–Kier alpha value is -2.24. The van der Waals surface area contributed by atoms with E-state index in [0.717, 1.165) is 21.9 Å². The molecule has 0 aliphatic heterocycles. The van der Waals surface area contributed by atoms with E-state index in [9.17, 15) is 0 Å². The molecule has 0 saturated carbocycles. The largest absolute Gasteiger partial charge is 0.489 e. The highest BCUT2D eigenvalue weighted by atomic mass is 35.5. The first-order chi connectivity index (χ1) is 9.28. The second-order valence-corrected chi connectivity index (χ2v) is 4.38. The van der Waals surface area contributed by atoms with Gasteiger partial charge in [-0.1, -0.05) is 35.9 Å². The van der Waals surface area contributed by atoms with Crippen LogP contribution in [-0.2, 0) is 6.61 Å². The Morgan fingerprint density at radius 1 is 1.05 bits per heavy atom. The summed E-state index contributed by atoms with van der Waals surface area (Å²) in [6.45, 7) is 0.505. The van der Waals surface area contributed by atoms with E-state index in [-0.39, 0.29) is 0 Å². The topological polar surface area (TPSA) is 33.0 Å². The molecule has 0 N–H and O–H groups in total. The molecular formula is C16H12ClNO. The number of hydrogen-bond acceptors (Lipinski definition) is 2. The molecule has 0 aromatic heterocycles. The third-order valence-corrected chi connectivity index (χ3v) is 2.80. The van der Waals surface area contributed by atoms with Crippen molar-refractivity contribution in [2.24, 2.45) is 0 Å². The van der Waals surface area contributed by atoms with Gasteiger partial charge >= 0.3 is 0 Å². The predicted molar refractivity (Wildman–Crippen MR) is 76.9 cm³/mol. The molecule has 0 aliphatic rings. The van der Waals surface area contributed by atoms with E-state index in [1.54, 1.807) is 6.08 Å². The number of hydrogen-bond donors (Lipinski definition) is 0. The molecule has 0 spiro atoms. The van der Waals surface area contributed by atoms with Gasteiger partial charge in [-0.05, 0) is 41.5 Å². The van der Waals surface area contributed by atoms with Gasteiger partial charge in [-0.2, -0.15) is 5.26 Å². The van der Waals surface area contributed by atoms with Crippen molar-refractivity contribution >= 4 is 17.7 Å². The number of nitrogens with zero attached hydrogens (tertiary/aromatic N) is 1. The molecule has 2 nitrogen and oxygen atoms in total. The molecule has 0 atom stereocenters. The summed E-state index contributed by atoms with van der Waals surface area (Å²) < 4.78 is 5.66. The van der Waals surface area contributed by atoms with Crippen molar-refractivity contribution in [1.82, 2.24) is 0 Å². The zero-order chi connectivity index (χ0) is 13.5. The molecule has 19 heavy (non-hydrogen) atoms. The monoisotopic (exact) mass is 269 g/mol. The van der Waals surface area contributed by atoms with Gasteiger partial charge in [-0.15, -0.1) is 0 Å². The summed E-state index contributed by atoms with van der Waals surface area (Å²) in [4.78, 5) is 0. The molecule has 2 aromatic carbocycles. The molecule has 2 aromatic rings. The molecule has 0 aliphatic carbocycles. The highest BCUT2D eigenvalue weighted by molar-refractivity contribution is 6.30. The second-order valence-electron chi connectivity index (χ2n) is 3.95. The van der Waals surface area contributed by atoms with Crippen LogP contribution >= 0.6 is 11.6 Å². The van der Waals surface area contributed by atoms with Gasteiger partial charge in [-0.25, -0.2) is 0 Å². The maximum Gasteiger partial charge on any atom is 0.119 e. The van der Waals surface area contributed by atoms with Gasteiger partial charge in [0.1, 0.15) is 12.4 Å². The summed E-state index contributed by atoms with van der Waals surface area (Å²) in [5, 5.41) is 9.16. The molecule has 0 saturated heterocycles. The van der Waals surface area contributed by atoms with Crippen molar-refractivity contribution in [3.05, 3.63) is 70.8 Å². The van der Waals surface area contributed by atoms with Gasteiger partial charge in [0.15, 0.2) is 0 Å². The minimum Gasteiger partial charge on any atom is -0.489 e. The van der Waals surface area contributed by atoms with Gasteiger partial charge in [0.25, 0.3) is 0 Å². The van der Waals surface area contributed by atoms with E-state index >= 15 is 0 Å². The van der Waals surface area contributed by atoms with Gasteiger partial charge in [0.05, 0.1) is 6.07 Å². The summed E-state index contributed by atoms with van der Waals surface area (Å²) in [6, 6.07) is 17.1. The first kappa shape index (κ1) is 13.2. The van der Waals surface area contributed by atoms with Crippen molar-refractivity contribution in [3.8, 4) is 11.8 Å². The Labute approximate surface area is 117 Å². The number of halogens is 1. The first-order valence-corrected chi connectivity index (χ1v) is 6.19. The first-order valence-electron chi connectivity index (χ1n) is 5.81. The lowest BCUT2D eigenvalue weighted by atomic mass is 10.2. The summed E-state index contributed by atoms with van der Waals surface area (Å²) in [5.41, 5.74) is 2.04. The van der Waals surface area contributed by atoms with Crippen LogP contribution in [0.4, 0.5) is 0 Å². The second kappa shape index (κ2) is 6.63. The Kier molecular flexibility index (Phi) is 4.60. The zero-order valence-electron chi connectivity index (χ0n) is 10.2. The molecular weight excluding hydrogens is 258 g/mol. The van der Waals surface area contributed by atoms with Crippen LogP contribution in [-0.4, -0.2) is 0 Å². The van der Waals surface area contributed by atoms with E-state index in [1.807, 2.05) is 54.6 Å². The molecule has 0 amide bonds. The molecule has 0 unspecified atom stereocenters. The summed E-state index contributed by atoms with van der Waals surface area (Å²) >= 11 is 5.82. The van der Waals surface area contributed by atoms with E-state index in [1.165, 1.54) is 6.08 Å². The maximum atomic E-state index is 8.44. The van der Waals surface area contributed by atoms with Crippen LogP contribution in [0.5, 0.6) is 5.75 Å². The fourth-order valence-electron chi connectivity index (χ4n) is 1.56. The Balaban J connectivity index is 1.95. The van der Waals surface area contributed by atoms with Gasteiger partial charge in [0.2, 0.25) is 0 Å². The lowest BCUT2D eigenvalue weighted by molar-refractivity contribution is 0.306. The lowest BCUT2D eigenvalue weighted by Gasteiger charge is -2.06. The third-order valence-electron chi connectivity index (χ3n) is 2.55.